The van der Waals surface area contributed by atoms with Crippen LogP contribution in [0.15, 0.2) is 67.0 Å². The predicted molar refractivity (Wildman–Crippen MR) is 112 cm³/mol. The van der Waals surface area contributed by atoms with E-state index in [2.05, 4.69) is 22.4 Å². The molecule has 6 heteroatoms. The van der Waals surface area contributed by atoms with E-state index in [-0.39, 0.29) is 18.9 Å². The lowest BCUT2D eigenvalue weighted by molar-refractivity contribution is -0.137. The number of hydrogen-bond donors (Lipinski definition) is 2. The van der Waals surface area contributed by atoms with Crippen LogP contribution >= 0.6 is 0 Å². The van der Waals surface area contributed by atoms with Crippen molar-refractivity contribution >= 4 is 12.1 Å². The summed E-state index contributed by atoms with van der Waals surface area (Å²) in [7, 11) is 0. The fourth-order valence-corrected chi connectivity index (χ4v) is 4.04. The monoisotopic (exact) mass is 402 g/mol. The fourth-order valence-electron chi connectivity index (χ4n) is 4.04. The van der Waals surface area contributed by atoms with Gasteiger partial charge in [-0.25, -0.2) is 4.79 Å². The lowest BCUT2D eigenvalue weighted by Crippen LogP contribution is -2.32. The van der Waals surface area contributed by atoms with Crippen LogP contribution in [0.4, 0.5) is 4.79 Å². The number of rotatable bonds is 6. The quantitative estimate of drug-likeness (QED) is 0.636. The fraction of sp³-hybridized carbons (Fsp3) is 0.208. The summed E-state index contributed by atoms with van der Waals surface area (Å²) >= 11 is 0. The standard InChI is InChI=1S/C24H22N2O4/c1-15-10-11-25-13-20(15)22(12-23(27)28)26-24(29)30-14-21-18-8-4-2-6-16(18)17-7-3-5-9-19(17)21/h2-11,13,21-22H,12,14H2,1H3,(H,26,29)(H,27,28). The van der Waals surface area contributed by atoms with Crippen molar-refractivity contribution in [2.45, 2.75) is 25.3 Å². The molecular weight excluding hydrogens is 380 g/mol. The molecular formula is C24H22N2O4. The molecule has 0 aliphatic heterocycles. The minimum absolute atomic E-state index is 0.0544. The summed E-state index contributed by atoms with van der Waals surface area (Å²) in [5, 5.41) is 12.0. The molecule has 1 aliphatic rings. The highest BCUT2D eigenvalue weighted by Gasteiger charge is 2.29. The van der Waals surface area contributed by atoms with Gasteiger partial charge in [0.1, 0.15) is 6.61 Å². The molecule has 1 aliphatic carbocycles. The second-order valence-electron chi connectivity index (χ2n) is 7.35. The predicted octanol–water partition coefficient (Wildman–Crippen LogP) is 4.44. The van der Waals surface area contributed by atoms with E-state index in [0.717, 1.165) is 27.8 Å². The Labute approximate surface area is 174 Å². The Hall–Kier alpha value is -3.67. The van der Waals surface area contributed by atoms with Crippen LogP contribution in [0.25, 0.3) is 11.1 Å². The van der Waals surface area contributed by atoms with Crippen molar-refractivity contribution in [3.05, 3.63) is 89.2 Å². The highest BCUT2D eigenvalue weighted by atomic mass is 16.5. The molecule has 30 heavy (non-hydrogen) atoms. The lowest BCUT2D eigenvalue weighted by Gasteiger charge is -2.20. The zero-order chi connectivity index (χ0) is 21.1. The molecule has 2 aromatic carbocycles. The Balaban J connectivity index is 1.49. The molecule has 0 bridgehead atoms. The average Bonchev–Trinajstić information content (AvgIpc) is 3.06. The van der Waals surface area contributed by atoms with E-state index in [1.54, 1.807) is 18.5 Å². The molecule has 152 valence electrons. The molecule has 1 amide bonds. The van der Waals surface area contributed by atoms with E-state index >= 15 is 0 Å². The van der Waals surface area contributed by atoms with Gasteiger partial charge < -0.3 is 15.2 Å². The average molecular weight is 402 g/mol. The highest BCUT2D eigenvalue weighted by Crippen LogP contribution is 2.44. The van der Waals surface area contributed by atoms with Gasteiger partial charge in [0.25, 0.3) is 0 Å². The van der Waals surface area contributed by atoms with Gasteiger partial charge in [-0.2, -0.15) is 0 Å². The minimum atomic E-state index is -1.01. The zero-order valence-corrected chi connectivity index (χ0v) is 16.5. The SMILES string of the molecule is Cc1ccncc1C(CC(=O)O)NC(=O)OCC1c2ccccc2-c2ccccc21. The first-order valence-electron chi connectivity index (χ1n) is 9.78. The summed E-state index contributed by atoms with van der Waals surface area (Å²) in [4.78, 5) is 27.9. The first-order valence-corrected chi connectivity index (χ1v) is 9.78. The van der Waals surface area contributed by atoms with E-state index in [4.69, 9.17) is 4.74 Å². The Morgan fingerprint density at radius 3 is 2.30 bits per heavy atom. The topological polar surface area (TPSA) is 88.5 Å². The number of hydrogen-bond acceptors (Lipinski definition) is 4. The molecule has 3 aromatic rings. The van der Waals surface area contributed by atoms with Crippen molar-refractivity contribution in [2.24, 2.45) is 0 Å². The third kappa shape index (κ3) is 3.89. The third-order valence-corrected chi connectivity index (χ3v) is 5.47. The van der Waals surface area contributed by atoms with E-state index in [1.165, 1.54) is 0 Å². The van der Waals surface area contributed by atoms with Crippen molar-refractivity contribution in [3.63, 3.8) is 0 Å². The number of alkyl carbamates (subject to hydrolysis) is 1. The van der Waals surface area contributed by atoms with Gasteiger partial charge in [0, 0.05) is 18.3 Å². The molecule has 4 rings (SSSR count). The Morgan fingerprint density at radius 1 is 1.07 bits per heavy atom. The number of pyridine rings is 1. The molecule has 1 heterocycles. The smallest absolute Gasteiger partial charge is 0.407 e. The number of carbonyl (C=O) groups excluding carboxylic acids is 1. The van der Waals surface area contributed by atoms with Crippen LogP contribution in [0, 0.1) is 6.92 Å². The molecule has 0 spiro atoms. The number of amides is 1. The maximum Gasteiger partial charge on any atom is 0.407 e. The molecule has 1 aromatic heterocycles. The summed E-state index contributed by atoms with van der Waals surface area (Å²) in [5.41, 5.74) is 6.06. The van der Waals surface area contributed by atoms with Gasteiger partial charge in [-0.3, -0.25) is 9.78 Å². The second-order valence-corrected chi connectivity index (χ2v) is 7.35. The number of aromatic nitrogens is 1. The van der Waals surface area contributed by atoms with Gasteiger partial charge in [0.05, 0.1) is 12.5 Å². The van der Waals surface area contributed by atoms with Crippen LogP contribution in [0.3, 0.4) is 0 Å². The number of benzene rings is 2. The van der Waals surface area contributed by atoms with Crippen LogP contribution in [0.2, 0.25) is 0 Å². The molecule has 0 fully saturated rings. The number of nitrogens with one attached hydrogen (secondary N) is 1. The first kappa shape index (κ1) is 19.6. The molecule has 0 saturated carbocycles. The number of aliphatic carboxylic acids is 1. The summed E-state index contributed by atoms with van der Waals surface area (Å²) in [6.45, 7) is 2.02. The van der Waals surface area contributed by atoms with Crippen LogP contribution in [-0.4, -0.2) is 28.8 Å². The maximum atomic E-state index is 12.6. The van der Waals surface area contributed by atoms with Gasteiger partial charge in [-0.05, 0) is 46.4 Å². The Morgan fingerprint density at radius 2 is 1.70 bits per heavy atom. The lowest BCUT2D eigenvalue weighted by atomic mass is 9.98. The van der Waals surface area contributed by atoms with Gasteiger partial charge in [-0.15, -0.1) is 0 Å². The number of nitrogens with zero attached hydrogens (tertiary/aromatic N) is 1. The third-order valence-electron chi connectivity index (χ3n) is 5.47. The van der Waals surface area contributed by atoms with Crippen molar-refractivity contribution in [2.75, 3.05) is 6.61 Å². The van der Waals surface area contributed by atoms with E-state index in [0.29, 0.717) is 5.56 Å². The summed E-state index contributed by atoms with van der Waals surface area (Å²) in [6, 6.07) is 17.3. The first-order chi connectivity index (χ1) is 14.5. The Kier molecular flexibility index (Phi) is 5.48. The number of aryl methyl sites for hydroxylation is 1. The number of carbonyl (C=O) groups is 2. The molecule has 6 nitrogen and oxygen atoms in total. The summed E-state index contributed by atoms with van der Waals surface area (Å²) in [6.07, 6.45) is 2.30. The normalized spacial score (nSPS) is 13.2. The zero-order valence-electron chi connectivity index (χ0n) is 16.5. The van der Waals surface area contributed by atoms with E-state index in [9.17, 15) is 14.7 Å². The molecule has 1 atom stereocenters. The number of ether oxygens (including phenoxy) is 1. The maximum absolute atomic E-state index is 12.6. The van der Waals surface area contributed by atoms with E-state index < -0.39 is 18.1 Å². The Bertz CT molecular complexity index is 1050. The molecule has 0 saturated heterocycles. The number of carboxylic acid groups (broad SMARTS) is 1. The van der Waals surface area contributed by atoms with Gasteiger partial charge in [0.2, 0.25) is 0 Å². The largest absolute Gasteiger partial charge is 0.481 e. The van der Waals surface area contributed by atoms with Crippen molar-refractivity contribution in [1.29, 1.82) is 0 Å². The van der Waals surface area contributed by atoms with Gasteiger partial charge in [0.15, 0.2) is 0 Å². The molecule has 2 N–H and O–H groups in total. The van der Waals surface area contributed by atoms with Crippen LogP contribution < -0.4 is 5.32 Å². The van der Waals surface area contributed by atoms with Crippen LogP contribution in [0.5, 0.6) is 0 Å². The summed E-state index contributed by atoms with van der Waals surface area (Å²) < 4.78 is 5.55. The summed E-state index contributed by atoms with van der Waals surface area (Å²) in [5.74, 6) is -1.07. The van der Waals surface area contributed by atoms with Crippen molar-refractivity contribution < 1.29 is 19.4 Å². The highest BCUT2D eigenvalue weighted by molar-refractivity contribution is 5.79. The van der Waals surface area contributed by atoms with E-state index in [1.807, 2.05) is 43.3 Å². The number of fused-ring (bicyclic) bond motifs is 3. The second kappa shape index (κ2) is 8.37. The number of carboxylic acids is 1. The van der Waals surface area contributed by atoms with Crippen molar-refractivity contribution in [1.82, 2.24) is 10.3 Å². The van der Waals surface area contributed by atoms with Gasteiger partial charge >= 0.3 is 12.1 Å². The van der Waals surface area contributed by atoms with Crippen LogP contribution in [-0.2, 0) is 9.53 Å². The molecule has 1 unspecified atom stereocenters. The van der Waals surface area contributed by atoms with Gasteiger partial charge in [-0.1, -0.05) is 48.5 Å². The van der Waals surface area contributed by atoms with Crippen molar-refractivity contribution in [3.8, 4) is 11.1 Å². The molecule has 0 radical (unpaired) electrons. The van der Waals surface area contributed by atoms with Crippen LogP contribution in [0.1, 0.15) is 40.6 Å². The minimum Gasteiger partial charge on any atom is -0.481 e.